The fourth-order valence-corrected chi connectivity index (χ4v) is 14.7. The average Bonchev–Trinajstić information content (AvgIpc) is 3.92. The standard InChI is InChI=1S/C50H58N9O17P3S/c1-9-58-34-18-36-32(16-29(34)25(3)20-49(58,5)6)39(33-17-30-26(4)21-50(7,8)59(10-2)35(30)19-37(33)72-36)31-15-27(11-12-28(31)47(62)63)45(61)52-13-14-53-48(64)74-42-41(60)38(22-71-77(65,66)75-78(67,68)76-79(69,70)80)73-46(42)57-24-56-40-43(51)54-23-55-44(40)57/h11-12,15-21,23-24,38,41-42,46,60H,9-10,13-14,22H2,1-8H3,(H8-,51,52,53,54,55,61,62,63,64,65,66,67,68,69,70,80)/p+1/t38-,41-,42-,46-/m1/s1. The van der Waals surface area contributed by atoms with E-state index in [0.717, 1.165) is 39.6 Å². The molecule has 1 fully saturated rings. The zero-order valence-electron chi connectivity index (χ0n) is 44.4. The van der Waals surface area contributed by atoms with Gasteiger partial charge in [-0.3, -0.25) is 13.9 Å². The number of nitrogens with zero attached hydrogens (tertiary/aromatic N) is 6. The number of likely N-dealkylation sites (N-methyl/N-ethyl adjacent to an activating group) is 2. The number of phosphoric ester groups is 1. The Bertz CT molecular complexity index is 3770. The van der Waals surface area contributed by atoms with Crippen molar-refractivity contribution >= 4 is 91.5 Å². The number of allylic oxidation sites excluding steroid dienone is 2. The van der Waals surface area contributed by atoms with Crippen LogP contribution in [0.3, 0.4) is 0 Å². The van der Waals surface area contributed by atoms with Crippen LogP contribution in [0.4, 0.5) is 16.3 Å². The third kappa shape index (κ3) is 11.5. The third-order valence-corrected chi connectivity index (χ3v) is 18.4. The van der Waals surface area contributed by atoms with Crippen molar-refractivity contribution in [2.24, 2.45) is 0 Å². The van der Waals surface area contributed by atoms with Crippen LogP contribution in [0, 0.1) is 0 Å². The number of aliphatic hydroxyl groups is 1. The van der Waals surface area contributed by atoms with E-state index in [4.69, 9.17) is 24.5 Å². The average molecular weight is 1180 g/mol. The molecule has 0 bridgehead atoms. The lowest BCUT2D eigenvalue weighted by atomic mass is 9.83. The number of carboxylic acid groups (broad SMARTS) is 1. The number of phosphoric acid groups is 2. The molecule has 2 aromatic heterocycles. The van der Waals surface area contributed by atoms with Crippen LogP contribution >= 0.6 is 22.4 Å². The normalized spacial score (nSPS) is 21.4. The minimum absolute atomic E-state index is 0.0422. The van der Waals surface area contributed by atoms with Gasteiger partial charge in [-0.05, 0) is 106 Å². The lowest BCUT2D eigenvalue weighted by molar-refractivity contribution is -0.0522. The molecule has 30 heteroatoms. The first-order chi connectivity index (χ1) is 37.4. The van der Waals surface area contributed by atoms with E-state index in [9.17, 15) is 53.3 Å². The molecular formula is C50H59N9O17P3S+. The number of amides is 2. The summed E-state index contributed by atoms with van der Waals surface area (Å²) in [5, 5.41) is 29.0. The highest BCUT2D eigenvalue weighted by Gasteiger charge is 2.50. The first kappa shape index (κ1) is 58.4. The zero-order valence-corrected chi connectivity index (χ0v) is 47.9. The number of benzene rings is 3. The van der Waals surface area contributed by atoms with Crippen LogP contribution in [0.2, 0.25) is 0 Å². The number of hydrogen-bond acceptors (Lipinski definition) is 18. The van der Waals surface area contributed by atoms with E-state index in [1.165, 1.54) is 29.1 Å². The molecular weight excluding hydrogens is 1120 g/mol. The molecule has 10 N–H and O–H groups in total. The summed E-state index contributed by atoms with van der Waals surface area (Å²) in [4.78, 5) is 93.6. The summed E-state index contributed by atoms with van der Waals surface area (Å²) in [6, 6.07) is 12.3. The number of carbonyl (C=O) groups is 3. The fraction of sp³-hybridized carbons (Fsp3) is 0.380. The summed E-state index contributed by atoms with van der Waals surface area (Å²) in [6.45, 7) is 11.8. The highest BCUT2D eigenvalue weighted by Crippen LogP contribution is 2.66. The first-order valence-electron chi connectivity index (χ1n) is 24.9. The Morgan fingerprint density at radius 3 is 2.27 bits per heavy atom. The number of imidazole rings is 1. The van der Waals surface area contributed by atoms with Gasteiger partial charge in [0.05, 0.1) is 30.1 Å². The van der Waals surface area contributed by atoms with Gasteiger partial charge in [-0.25, -0.2) is 42.6 Å². The summed E-state index contributed by atoms with van der Waals surface area (Å²) >= 11 is 4.11. The van der Waals surface area contributed by atoms with E-state index in [2.05, 4.69) is 109 Å². The second kappa shape index (κ2) is 21.6. The van der Waals surface area contributed by atoms with Crippen molar-refractivity contribution in [1.82, 2.24) is 34.7 Å². The molecule has 2 unspecified atom stereocenters. The summed E-state index contributed by atoms with van der Waals surface area (Å²) in [6.07, 6.45) is -1.14. The van der Waals surface area contributed by atoms with E-state index < -0.39 is 71.5 Å². The highest BCUT2D eigenvalue weighted by atomic mass is 32.5. The molecule has 1 saturated heterocycles. The van der Waals surface area contributed by atoms with Crippen LogP contribution in [-0.2, 0) is 43.6 Å². The SMILES string of the molecule is CCN1c2cc3c(cc2C(C)=CC1(C)C)C(c1cc(C(=O)NCCNC(=O)O[C@@H]2[C@H](O)[C@@H](COP(=O)(O)OP(=O)(O)OP(O)(O)=S)O[C@H]2n2cnc4c(N)ncnc42)ccc1C(=O)O)=c1cc2c(cc1O3)=[N+](CC)C(C)(C)C=C2C. The molecule has 4 aliphatic rings. The number of aromatic carboxylic acids is 1. The van der Waals surface area contributed by atoms with Crippen LogP contribution in [0.15, 0.2) is 67.3 Å². The Hall–Kier alpha value is -6.28. The molecule has 0 saturated carbocycles. The lowest BCUT2D eigenvalue weighted by Crippen LogP contribution is -2.49. The van der Waals surface area contributed by atoms with E-state index in [1.807, 2.05) is 38.1 Å². The van der Waals surface area contributed by atoms with E-state index in [0.29, 0.717) is 40.9 Å². The third-order valence-electron chi connectivity index (χ3n) is 14.0. The number of aromatic nitrogens is 4. The maximum absolute atomic E-state index is 14.1. The van der Waals surface area contributed by atoms with Crippen molar-refractivity contribution in [3.05, 3.63) is 111 Å². The zero-order chi connectivity index (χ0) is 58.2. The second-order valence-corrected chi connectivity index (χ2v) is 26.1. The van der Waals surface area contributed by atoms with E-state index in [1.54, 1.807) is 0 Å². The summed E-state index contributed by atoms with van der Waals surface area (Å²) in [7, 11) is -11.3. The number of carboxylic acids is 1. The van der Waals surface area contributed by atoms with E-state index in [-0.39, 0.29) is 57.8 Å². The molecule has 426 valence electrons. The van der Waals surface area contributed by atoms with Gasteiger partial charge in [0, 0.05) is 78.3 Å². The van der Waals surface area contributed by atoms with Gasteiger partial charge in [-0.2, -0.15) is 4.31 Å². The van der Waals surface area contributed by atoms with Crippen LogP contribution in [0.5, 0.6) is 11.5 Å². The van der Waals surface area contributed by atoms with Gasteiger partial charge in [-0.15, -0.1) is 0 Å². The maximum atomic E-state index is 14.1. The van der Waals surface area contributed by atoms with Crippen molar-refractivity contribution in [2.75, 3.05) is 43.4 Å². The molecule has 26 nitrogen and oxygen atoms in total. The maximum Gasteiger partial charge on any atom is 0.488 e. The number of fused-ring (bicyclic) bond motifs is 5. The van der Waals surface area contributed by atoms with Crippen LogP contribution in [-0.4, -0.2) is 129 Å². The summed E-state index contributed by atoms with van der Waals surface area (Å²) < 4.78 is 59.3. The first-order valence-corrected chi connectivity index (χ1v) is 30.6. The second-order valence-electron chi connectivity index (χ2n) is 20.3. The number of anilines is 2. The van der Waals surface area contributed by atoms with Gasteiger partial charge in [0.25, 0.3) is 5.91 Å². The number of carbonyl (C=O) groups excluding carboxylic acids is 2. The molecule has 6 heterocycles. The predicted octanol–water partition coefficient (Wildman–Crippen LogP) is 4.43. The van der Waals surface area contributed by atoms with Gasteiger partial charge in [0.15, 0.2) is 29.3 Å². The molecule has 0 aliphatic carbocycles. The molecule has 2 amide bonds. The minimum Gasteiger partial charge on any atom is -0.478 e. The van der Waals surface area contributed by atoms with Crippen molar-refractivity contribution < 1.29 is 80.7 Å². The van der Waals surface area contributed by atoms with Crippen molar-refractivity contribution in [1.29, 1.82) is 0 Å². The van der Waals surface area contributed by atoms with Crippen LogP contribution < -0.4 is 41.2 Å². The van der Waals surface area contributed by atoms with Gasteiger partial charge >= 0.3 is 34.4 Å². The molecule has 6 atom stereocenters. The number of nitrogen functional groups attached to an aromatic ring is 1. The lowest BCUT2D eigenvalue weighted by Gasteiger charge is -2.43. The van der Waals surface area contributed by atoms with Gasteiger partial charge in [0.2, 0.25) is 5.36 Å². The minimum atomic E-state index is -5.69. The Kier molecular flexibility index (Phi) is 15.7. The smallest absolute Gasteiger partial charge is 0.478 e. The van der Waals surface area contributed by atoms with Crippen molar-refractivity contribution in [3.63, 3.8) is 0 Å². The largest absolute Gasteiger partial charge is 0.488 e. The number of hydrogen-bond donors (Lipinski definition) is 9. The molecule has 9 rings (SSSR count). The van der Waals surface area contributed by atoms with Gasteiger partial charge in [-0.1, -0.05) is 6.08 Å². The predicted molar refractivity (Wildman–Crippen MR) is 294 cm³/mol. The molecule has 0 spiro atoms. The summed E-state index contributed by atoms with van der Waals surface area (Å²) in [5.41, 5.74) is 11.8. The molecule has 3 aromatic carbocycles. The van der Waals surface area contributed by atoms with Gasteiger partial charge < -0.3 is 65.3 Å². The monoisotopic (exact) mass is 1180 g/mol. The molecule has 4 aliphatic heterocycles. The number of alkyl carbamates (subject to hydrolysis) is 1. The fourth-order valence-electron chi connectivity index (χ4n) is 10.9. The van der Waals surface area contributed by atoms with E-state index >= 15 is 0 Å². The molecule has 5 aromatic rings. The van der Waals surface area contributed by atoms with Crippen molar-refractivity contribution in [3.8, 4) is 11.5 Å². The topological polar surface area (TPSA) is 362 Å². The van der Waals surface area contributed by atoms with Crippen molar-refractivity contribution in [2.45, 2.75) is 91.0 Å². The molecule has 80 heavy (non-hydrogen) atoms. The Morgan fingerprint density at radius 1 is 0.875 bits per heavy atom. The number of nitrogens with two attached hydrogens (primary N) is 1. The van der Waals surface area contributed by atoms with Gasteiger partial charge in [0.1, 0.15) is 42.1 Å². The summed E-state index contributed by atoms with van der Waals surface area (Å²) in [5.74, 6) is -0.873. The van der Waals surface area contributed by atoms with Crippen LogP contribution in [0.1, 0.15) is 105 Å². The quantitative estimate of drug-likeness (QED) is 0.0346. The Labute approximate surface area is 462 Å². The molecule has 0 radical (unpaired) electrons. The number of rotatable bonds is 17. The number of aliphatic hydroxyl groups excluding tert-OH is 1. The van der Waals surface area contributed by atoms with Crippen LogP contribution in [0.25, 0.3) is 27.9 Å². The highest BCUT2D eigenvalue weighted by molar-refractivity contribution is 8.08. The Balaban J connectivity index is 0.980. The number of nitrogens with one attached hydrogen (secondary N) is 2. The number of ether oxygens (including phenoxy) is 3. The Morgan fingerprint density at radius 2 is 1.59 bits per heavy atom.